The number of hydrogen-bond donors (Lipinski definition) is 6. The highest BCUT2D eigenvalue weighted by molar-refractivity contribution is 5.98. The quantitative estimate of drug-likeness (QED) is 0.171. The number of carbonyl (C=O) groups excluding carboxylic acids is 5. The lowest BCUT2D eigenvalue weighted by Gasteiger charge is -2.24. The summed E-state index contributed by atoms with van der Waals surface area (Å²) in [6.45, 7) is 3.94. The zero-order chi connectivity index (χ0) is 26.4. The van der Waals surface area contributed by atoms with Crippen molar-refractivity contribution < 1.29 is 24.0 Å². The molecule has 192 valence electrons. The van der Waals surface area contributed by atoms with Gasteiger partial charge in [0, 0.05) is 24.2 Å². The molecule has 0 spiro atoms. The predicted octanol–water partition coefficient (Wildman–Crippen LogP) is -1.36. The van der Waals surface area contributed by atoms with E-state index >= 15 is 0 Å². The molecule has 5 amide bonds. The molecule has 1 fully saturated rings. The minimum atomic E-state index is -0.705. The van der Waals surface area contributed by atoms with Crippen LogP contribution in [-0.2, 0) is 19.2 Å². The Morgan fingerprint density at radius 3 is 2.26 bits per heavy atom. The fourth-order valence-electron chi connectivity index (χ4n) is 3.20. The molecule has 13 heteroatoms. The number of nitrogens with zero attached hydrogens (tertiary/aromatic N) is 2. The molecule has 35 heavy (non-hydrogen) atoms. The maximum Gasteiger partial charge on any atom is 0.251 e. The molecule has 2 rings (SSSR count). The lowest BCUT2D eigenvalue weighted by molar-refractivity contribution is -0.138. The largest absolute Gasteiger partial charge is 0.370 e. The van der Waals surface area contributed by atoms with E-state index in [-0.39, 0.29) is 37.9 Å². The summed E-state index contributed by atoms with van der Waals surface area (Å²) in [6.07, 6.45) is 1.19. The van der Waals surface area contributed by atoms with Crippen molar-refractivity contribution >= 4 is 41.2 Å². The van der Waals surface area contributed by atoms with Crippen molar-refractivity contribution in [2.75, 3.05) is 31.5 Å². The Morgan fingerprint density at radius 1 is 1.00 bits per heavy atom. The maximum atomic E-state index is 12.5. The maximum absolute atomic E-state index is 12.5. The van der Waals surface area contributed by atoms with Crippen LogP contribution in [0.15, 0.2) is 29.3 Å². The van der Waals surface area contributed by atoms with Gasteiger partial charge in [-0.3, -0.25) is 29.0 Å². The molecule has 1 aromatic rings. The number of carbonyl (C=O) groups is 5. The van der Waals surface area contributed by atoms with E-state index in [2.05, 4.69) is 20.9 Å². The first kappa shape index (κ1) is 28.9. The summed E-state index contributed by atoms with van der Waals surface area (Å²) in [5, 5.41) is 7.57. The third-order valence-corrected chi connectivity index (χ3v) is 4.78. The number of aliphatic imine (C=N–C) groups is 1. The van der Waals surface area contributed by atoms with E-state index in [1.165, 1.54) is 17.0 Å². The second-order valence-electron chi connectivity index (χ2n) is 7.29. The van der Waals surface area contributed by atoms with Gasteiger partial charge >= 0.3 is 0 Å². The van der Waals surface area contributed by atoms with E-state index in [0.717, 1.165) is 0 Å². The Balaban J connectivity index is 0.00000298. The zero-order valence-electron chi connectivity index (χ0n) is 20.0. The average Bonchev–Trinajstić information content (AvgIpc) is 3.32. The first-order valence-electron chi connectivity index (χ1n) is 11.3. The molecule has 1 aliphatic heterocycles. The summed E-state index contributed by atoms with van der Waals surface area (Å²) in [4.78, 5) is 64.8. The van der Waals surface area contributed by atoms with Crippen molar-refractivity contribution in [3.05, 3.63) is 29.8 Å². The monoisotopic (exact) mass is 490 g/mol. The average molecular weight is 491 g/mol. The summed E-state index contributed by atoms with van der Waals surface area (Å²) < 4.78 is 0. The lowest BCUT2D eigenvalue weighted by atomic mass is 10.2. The van der Waals surface area contributed by atoms with Crippen molar-refractivity contribution in [3.8, 4) is 0 Å². The van der Waals surface area contributed by atoms with E-state index < -0.39 is 29.7 Å². The van der Waals surface area contributed by atoms with Crippen LogP contribution < -0.4 is 33.2 Å². The number of hydrogen-bond acceptors (Lipinski definition) is 6. The zero-order valence-corrected chi connectivity index (χ0v) is 20.0. The topological polar surface area (TPSA) is 215 Å². The highest BCUT2D eigenvalue weighted by Crippen LogP contribution is 2.17. The van der Waals surface area contributed by atoms with Crippen LogP contribution in [0.25, 0.3) is 0 Å². The molecule has 0 aliphatic carbocycles. The van der Waals surface area contributed by atoms with Gasteiger partial charge in [0.15, 0.2) is 5.96 Å². The Hall–Kier alpha value is -4.16. The van der Waals surface area contributed by atoms with Crippen molar-refractivity contribution in [1.29, 1.82) is 0 Å². The summed E-state index contributed by atoms with van der Waals surface area (Å²) in [6, 6.07) is 5.40. The fourth-order valence-corrected chi connectivity index (χ4v) is 3.20. The number of amides is 5. The fraction of sp³-hybridized carbons (Fsp3) is 0.455. The molecular weight excluding hydrogens is 456 g/mol. The van der Waals surface area contributed by atoms with E-state index in [1.807, 2.05) is 13.8 Å². The standard InChI is InChI=1S/C20H28N8O5.C2H6/c21-15(29)10-25-19(33)14-2-1-9-28(14)17(31)11-26-18(32)12-3-5-13(6-4-12)27-16(30)7-8-24-20(22)23;1-2/h3-6,14H,1-2,7-11H2,(H2,21,29)(H,25,33)(H,26,32)(H,27,30)(H4,22,23,24);1-2H3. The van der Waals surface area contributed by atoms with Crippen LogP contribution in [0.4, 0.5) is 5.69 Å². The number of guanidine groups is 1. The third-order valence-electron chi connectivity index (χ3n) is 4.78. The van der Waals surface area contributed by atoms with Gasteiger partial charge in [0.25, 0.3) is 5.91 Å². The van der Waals surface area contributed by atoms with Gasteiger partial charge in [-0.15, -0.1) is 0 Å². The van der Waals surface area contributed by atoms with Gasteiger partial charge in [-0.25, -0.2) is 0 Å². The molecule has 0 bridgehead atoms. The van der Waals surface area contributed by atoms with Crippen LogP contribution in [0.5, 0.6) is 0 Å². The second-order valence-corrected chi connectivity index (χ2v) is 7.29. The Morgan fingerprint density at radius 2 is 1.66 bits per heavy atom. The molecule has 1 unspecified atom stereocenters. The third kappa shape index (κ3) is 10.1. The van der Waals surface area contributed by atoms with Gasteiger partial charge in [0.2, 0.25) is 23.6 Å². The van der Waals surface area contributed by atoms with Crippen LogP contribution >= 0.6 is 0 Å². The van der Waals surface area contributed by atoms with E-state index in [9.17, 15) is 24.0 Å². The number of benzene rings is 1. The molecular formula is C22H34N8O5. The predicted molar refractivity (Wildman–Crippen MR) is 131 cm³/mol. The minimum absolute atomic E-state index is 0.0942. The van der Waals surface area contributed by atoms with Gasteiger partial charge < -0.3 is 38.1 Å². The molecule has 13 nitrogen and oxygen atoms in total. The molecule has 1 saturated heterocycles. The summed E-state index contributed by atoms with van der Waals surface area (Å²) in [5.41, 5.74) is 16.2. The molecule has 9 N–H and O–H groups in total. The van der Waals surface area contributed by atoms with Crippen molar-refractivity contribution in [2.24, 2.45) is 22.2 Å². The van der Waals surface area contributed by atoms with Crippen LogP contribution in [-0.4, -0.2) is 72.6 Å². The number of anilines is 1. The number of likely N-dealkylation sites (tertiary alicyclic amines) is 1. The van der Waals surface area contributed by atoms with Gasteiger partial charge in [0.1, 0.15) is 6.04 Å². The molecule has 1 heterocycles. The first-order chi connectivity index (χ1) is 16.7. The van der Waals surface area contributed by atoms with Crippen LogP contribution in [0, 0.1) is 0 Å². The van der Waals surface area contributed by atoms with Crippen LogP contribution in [0.1, 0.15) is 43.5 Å². The molecule has 1 atom stereocenters. The minimum Gasteiger partial charge on any atom is -0.370 e. The molecule has 0 saturated carbocycles. The van der Waals surface area contributed by atoms with Crippen molar-refractivity contribution in [1.82, 2.24) is 15.5 Å². The van der Waals surface area contributed by atoms with Gasteiger partial charge in [-0.2, -0.15) is 0 Å². The number of primary amides is 1. The van der Waals surface area contributed by atoms with Crippen LogP contribution in [0.3, 0.4) is 0 Å². The highest BCUT2D eigenvalue weighted by Gasteiger charge is 2.33. The SMILES string of the molecule is CC.NC(=O)CNC(=O)C1CCCN1C(=O)CNC(=O)c1ccc(NC(=O)CCN=C(N)N)cc1. The number of rotatable bonds is 10. The molecule has 0 radical (unpaired) electrons. The molecule has 1 aromatic carbocycles. The lowest BCUT2D eigenvalue weighted by Crippen LogP contribution is -2.50. The Kier molecular flexibility index (Phi) is 12.3. The highest BCUT2D eigenvalue weighted by atomic mass is 16.2. The Labute approximate surface area is 203 Å². The summed E-state index contributed by atoms with van der Waals surface area (Å²) >= 11 is 0. The molecule has 1 aliphatic rings. The smallest absolute Gasteiger partial charge is 0.251 e. The number of nitrogens with two attached hydrogens (primary N) is 3. The Bertz CT molecular complexity index is 928. The normalized spacial score (nSPS) is 14.1. The summed E-state index contributed by atoms with van der Waals surface area (Å²) in [7, 11) is 0. The van der Waals surface area contributed by atoms with Gasteiger partial charge in [0.05, 0.1) is 19.6 Å². The van der Waals surface area contributed by atoms with Gasteiger partial charge in [-0.05, 0) is 37.1 Å². The summed E-state index contributed by atoms with van der Waals surface area (Å²) in [5.74, 6) is -2.41. The first-order valence-corrected chi connectivity index (χ1v) is 11.3. The van der Waals surface area contributed by atoms with Crippen molar-refractivity contribution in [2.45, 2.75) is 39.2 Å². The van der Waals surface area contributed by atoms with E-state index in [4.69, 9.17) is 17.2 Å². The molecule has 0 aromatic heterocycles. The van der Waals surface area contributed by atoms with E-state index in [0.29, 0.717) is 30.6 Å². The number of nitrogens with one attached hydrogen (secondary N) is 3. The second kappa shape index (κ2) is 14.9. The van der Waals surface area contributed by atoms with Crippen LogP contribution in [0.2, 0.25) is 0 Å². The van der Waals surface area contributed by atoms with E-state index in [1.54, 1.807) is 12.1 Å². The van der Waals surface area contributed by atoms with Gasteiger partial charge in [-0.1, -0.05) is 13.8 Å². The van der Waals surface area contributed by atoms with Crippen molar-refractivity contribution in [3.63, 3.8) is 0 Å².